The predicted molar refractivity (Wildman–Crippen MR) is 104 cm³/mol. The Bertz CT molecular complexity index is 934. The number of carboxylic acid groups (broad SMARTS) is 1. The molecular weight excluding hydrogens is 342 g/mol. The van der Waals surface area contributed by atoms with E-state index in [1.807, 2.05) is 54.6 Å². The van der Waals surface area contributed by atoms with Crippen LogP contribution in [0.1, 0.15) is 27.2 Å². The van der Waals surface area contributed by atoms with Crippen LogP contribution in [0.2, 0.25) is 0 Å². The van der Waals surface area contributed by atoms with Gasteiger partial charge in [-0.15, -0.1) is 0 Å². The molecule has 1 heterocycles. The van der Waals surface area contributed by atoms with Crippen molar-refractivity contribution in [3.63, 3.8) is 0 Å². The number of rotatable bonds is 7. The smallest absolute Gasteiger partial charge is 0.337 e. The summed E-state index contributed by atoms with van der Waals surface area (Å²) in [5.41, 5.74) is 2.72. The van der Waals surface area contributed by atoms with Crippen LogP contribution < -0.4 is 9.47 Å². The Morgan fingerprint density at radius 3 is 2.56 bits per heavy atom. The summed E-state index contributed by atoms with van der Waals surface area (Å²) in [6.45, 7) is 0.458. The van der Waals surface area contributed by atoms with Crippen LogP contribution in [-0.4, -0.2) is 23.2 Å². The summed E-state index contributed by atoms with van der Waals surface area (Å²) < 4.78 is 11.3. The first kappa shape index (κ1) is 18.2. The lowest BCUT2D eigenvalue weighted by Crippen LogP contribution is -1.97. The fraction of sp³-hybridized carbons (Fsp3) is 0.0909. The minimum absolute atomic E-state index is 0.153. The van der Waals surface area contributed by atoms with Crippen molar-refractivity contribution in [2.45, 2.75) is 6.61 Å². The normalized spacial score (nSPS) is 10.7. The zero-order valence-corrected chi connectivity index (χ0v) is 14.8. The van der Waals surface area contributed by atoms with Crippen LogP contribution >= 0.6 is 0 Å². The van der Waals surface area contributed by atoms with Crippen LogP contribution in [-0.2, 0) is 6.61 Å². The van der Waals surface area contributed by atoms with Gasteiger partial charge in [-0.3, -0.25) is 4.98 Å². The fourth-order valence-electron chi connectivity index (χ4n) is 2.46. The number of hydrogen-bond donors (Lipinski definition) is 1. The van der Waals surface area contributed by atoms with Crippen molar-refractivity contribution < 1.29 is 19.4 Å². The summed E-state index contributed by atoms with van der Waals surface area (Å²) >= 11 is 0. The molecule has 0 aliphatic heterocycles. The average Bonchev–Trinajstić information content (AvgIpc) is 2.72. The Morgan fingerprint density at radius 2 is 1.89 bits per heavy atom. The number of carboxylic acids is 1. The minimum Gasteiger partial charge on any atom is -0.497 e. The van der Waals surface area contributed by atoms with Crippen LogP contribution in [0, 0.1) is 0 Å². The maximum atomic E-state index is 10.9. The topological polar surface area (TPSA) is 68.7 Å². The molecule has 0 fully saturated rings. The number of ether oxygens (including phenoxy) is 2. The summed E-state index contributed by atoms with van der Waals surface area (Å²) in [4.78, 5) is 15.0. The summed E-state index contributed by atoms with van der Waals surface area (Å²) in [5.74, 6) is 0.441. The van der Waals surface area contributed by atoms with E-state index in [-0.39, 0.29) is 5.56 Å². The highest BCUT2D eigenvalue weighted by Gasteiger charge is 2.05. The highest BCUT2D eigenvalue weighted by atomic mass is 16.5. The van der Waals surface area contributed by atoms with Gasteiger partial charge in [0.2, 0.25) is 0 Å². The number of hydrogen-bond acceptors (Lipinski definition) is 4. The lowest BCUT2D eigenvalue weighted by atomic mass is 10.1. The molecule has 0 aliphatic carbocycles. The van der Waals surface area contributed by atoms with E-state index in [9.17, 15) is 4.79 Å². The summed E-state index contributed by atoms with van der Waals surface area (Å²) in [6, 6.07) is 18.7. The predicted octanol–water partition coefficient (Wildman–Crippen LogP) is 4.54. The monoisotopic (exact) mass is 361 g/mol. The van der Waals surface area contributed by atoms with Crippen molar-refractivity contribution in [3.8, 4) is 11.5 Å². The Hall–Kier alpha value is -3.60. The van der Waals surface area contributed by atoms with E-state index >= 15 is 0 Å². The van der Waals surface area contributed by atoms with Gasteiger partial charge in [0.15, 0.2) is 0 Å². The highest BCUT2D eigenvalue weighted by Crippen LogP contribution is 2.27. The molecule has 0 unspecified atom stereocenters. The van der Waals surface area contributed by atoms with E-state index in [0.717, 1.165) is 22.6 Å². The second kappa shape index (κ2) is 8.67. The van der Waals surface area contributed by atoms with Crippen molar-refractivity contribution in [1.82, 2.24) is 4.98 Å². The van der Waals surface area contributed by atoms with Crippen molar-refractivity contribution in [3.05, 3.63) is 89.2 Å². The summed E-state index contributed by atoms with van der Waals surface area (Å²) in [6.07, 6.45) is 5.00. The third-order valence-electron chi connectivity index (χ3n) is 3.92. The van der Waals surface area contributed by atoms with Gasteiger partial charge < -0.3 is 14.6 Å². The molecule has 0 bridgehead atoms. The number of benzene rings is 2. The first-order valence-corrected chi connectivity index (χ1v) is 8.38. The molecule has 3 rings (SSSR count). The number of nitrogens with zero attached hydrogens (tertiary/aromatic N) is 1. The highest BCUT2D eigenvalue weighted by molar-refractivity contribution is 5.87. The van der Waals surface area contributed by atoms with Crippen LogP contribution in [0.4, 0.5) is 0 Å². The van der Waals surface area contributed by atoms with E-state index in [4.69, 9.17) is 14.6 Å². The Labute approximate surface area is 157 Å². The molecule has 0 saturated carbocycles. The summed E-state index contributed by atoms with van der Waals surface area (Å²) in [7, 11) is 1.61. The van der Waals surface area contributed by atoms with Gasteiger partial charge in [0, 0.05) is 11.8 Å². The number of carbonyl (C=O) groups is 1. The van der Waals surface area contributed by atoms with Gasteiger partial charge in [-0.05, 0) is 48.0 Å². The van der Waals surface area contributed by atoms with E-state index in [1.165, 1.54) is 12.3 Å². The van der Waals surface area contributed by atoms with Crippen molar-refractivity contribution >= 4 is 18.1 Å². The average molecular weight is 361 g/mol. The van der Waals surface area contributed by atoms with E-state index in [0.29, 0.717) is 12.3 Å². The molecule has 0 radical (unpaired) electrons. The van der Waals surface area contributed by atoms with E-state index in [1.54, 1.807) is 19.3 Å². The minimum atomic E-state index is -0.998. The second-order valence-corrected chi connectivity index (χ2v) is 5.79. The summed E-state index contributed by atoms with van der Waals surface area (Å²) in [5, 5.41) is 8.94. The number of pyridine rings is 1. The zero-order valence-electron chi connectivity index (χ0n) is 14.8. The van der Waals surface area contributed by atoms with Crippen molar-refractivity contribution in [2.24, 2.45) is 0 Å². The van der Waals surface area contributed by atoms with Gasteiger partial charge >= 0.3 is 5.97 Å². The molecule has 27 heavy (non-hydrogen) atoms. The number of aromatic carboxylic acids is 1. The molecule has 1 aromatic heterocycles. The molecular formula is C22H19NO4. The van der Waals surface area contributed by atoms with Gasteiger partial charge in [0.1, 0.15) is 18.1 Å². The van der Waals surface area contributed by atoms with Gasteiger partial charge in [0.25, 0.3) is 0 Å². The SMILES string of the molecule is COc1ccc(OCc2ccccc2)c(/C=C/c2ccc(C(=O)O)cn2)c1. The Balaban J connectivity index is 1.80. The van der Waals surface area contributed by atoms with Gasteiger partial charge in [0.05, 0.1) is 18.4 Å². The second-order valence-electron chi connectivity index (χ2n) is 5.79. The van der Waals surface area contributed by atoms with E-state index < -0.39 is 5.97 Å². The number of aromatic nitrogens is 1. The lowest BCUT2D eigenvalue weighted by molar-refractivity contribution is 0.0696. The van der Waals surface area contributed by atoms with Gasteiger partial charge in [-0.1, -0.05) is 30.3 Å². The quantitative estimate of drug-likeness (QED) is 0.669. The number of methoxy groups -OCH3 is 1. The van der Waals surface area contributed by atoms with Crippen LogP contribution in [0.25, 0.3) is 12.2 Å². The molecule has 2 aromatic carbocycles. The molecule has 0 atom stereocenters. The van der Waals surface area contributed by atoms with E-state index in [2.05, 4.69) is 4.98 Å². The van der Waals surface area contributed by atoms with Crippen LogP contribution in [0.5, 0.6) is 11.5 Å². The maximum absolute atomic E-state index is 10.9. The molecule has 0 amide bonds. The molecule has 0 saturated heterocycles. The van der Waals surface area contributed by atoms with Crippen LogP contribution in [0.3, 0.4) is 0 Å². The first-order chi connectivity index (χ1) is 13.2. The molecule has 0 spiro atoms. The molecule has 136 valence electrons. The zero-order chi connectivity index (χ0) is 19.1. The Morgan fingerprint density at radius 1 is 1.07 bits per heavy atom. The molecule has 3 aromatic rings. The largest absolute Gasteiger partial charge is 0.497 e. The maximum Gasteiger partial charge on any atom is 0.337 e. The molecule has 5 nitrogen and oxygen atoms in total. The lowest BCUT2D eigenvalue weighted by Gasteiger charge is -2.11. The molecule has 5 heteroatoms. The third-order valence-corrected chi connectivity index (χ3v) is 3.92. The fourth-order valence-corrected chi connectivity index (χ4v) is 2.46. The Kier molecular flexibility index (Phi) is 5.84. The first-order valence-electron chi connectivity index (χ1n) is 8.38. The molecule has 1 N–H and O–H groups in total. The standard InChI is InChI=1S/C22H19NO4/c1-26-20-11-12-21(27-15-16-5-3-2-4-6-16)17(13-20)7-9-19-10-8-18(14-23-19)22(24)25/h2-14H,15H2,1H3,(H,24,25)/b9-7+. The van der Waals surface area contributed by atoms with Crippen LogP contribution in [0.15, 0.2) is 66.9 Å². The van der Waals surface area contributed by atoms with Crippen molar-refractivity contribution in [2.75, 3.05) is 7.11 Å². The molecule has 0 aliphatic rings. The van der Waals surface area contributed by atoms with Gasteiger partial charge in [-0.25, -0.2) is 4.79 Å². The van der Waals surface area contributed by atoms with Crippen molar-refractivity contribution in [1.29, 1.82) is 0 Å². The third kappa shape index (κ3) is 4.95. The van der Waals surface area contributed by atoms with Gasteiger partial charge in [-0.2, -0.15) is 0 Å².